The minimum Gasteiger partial charge on any atom is -0.359 e. The topological polar surface area (TPSA) is 29.1 Å². The van der Waals surface area contributed by atoms with Crippen LogP contribution in [0, 0.1) is 11.8 Å². The van der Waals surface area contributed by atoms with Gasteiger partial charge in [-0.3, -0.25) is 4.79 Å². The molecule has 72 valence electrons. The minimum atomic E-state index is 0.0346. The number of nitrogens with one attached hydrogen (secondary N) is 1. The summed E-state index contributed by atoms with van der Waals surface area (Å²) >= 11 is 0. The molecular formula is C12H13NO. The molecule has 1 rings (SSSR count). The van der Waals surface area contributed by atoms with Crippen LogP contribution in [0.5, 0.6) is 0 Å². The molecule has 0 saturated carbocycles. The Kier molecular flexibility index (Phi) is 4.30. The molecule has 0 aliphatic heterocycles. The third-order valence-electron chi connectivity index (χ3n) is 1.76. The molecule has 1 N–H and O–H groups in total. The first-order valence-electron chi connectivity index (χ1n) is 4.57. The summed E-state index contributed by atoms with van der Waals surface area (Å²) in [4.78, 5) is 10.8. The van der Waals surface area contributed by atoms with Crippen molar-refractivity contribution in [1.29, 1.82) is 0 Å². The maximum absolute atomic E-state index is 10.8. The van der Waals surface area contributed by atoms with E-state index in [9.17, 15) is 4.79 Å². The van der Waals surface area contributed by atoms with Gasteiger partial charge in [0.05, 0.1) is 0 Å². The second-order valence-electron chi connectivity index (χ2n) is 2.84. The Morgan fingerprint density at radius 2 is 2.07 bits per heavy atom. The fourth-order valence-corrected chi connectivity index (χ4v) is 0.987. The summed E-state index contributed by atoms with van der Waals surface area (Å²) in [6.45, 7) is 0. The van der Waals surface area contributed by atoms with E-state index in [0.29, 0.717) is 12.8 Å². The molecule has 0 aliphatic carbocycles. The molecule has 0 radical (unpaired) electrons. The lowest BCUT2D eigenvalue weighted by molar-refractivity contribution is -0.120. The number of hydrogen-bond donors (Lipinski definition) is 1. The zero-order chi connectivity index (χ0) is 10.2. The fourth-order valence-electron chi connectivity index (χ4n) is 0.987. The van der Waals surface area contributed by atoms with Crippen molar-refractivity contribution in [2.45, 2.75) is 12.8 Å². The van der Waals surface area contributed by atoms with Gasteiger partial charge in [-0.1, -0.05) is 30.0 Å². The van der Waals surface area contributed by atoms with Gasteiger partial charge in [0.1, 0.15) is 0 Å². The summed E-state index contributed by atoms with van der Waals surface area (Å²) in [5.41, 5.74) is 0.990. The van der Waals surface area contributed by atoms with E-state index in [-0.39, 0.29) is 5.91 Å². The van der Waals surface area contributed by atoms with Crippen molar-refractivity contribution in [3.8, 4) is 11.8 Å². The Morgan fingerprint density at radius 1 is 1.36 bits per heavy atom. The van der Waals surface area contributed by atoms with E-state index in [2.05, 4.69) is 17.2 Å². The van der Waals surface area contributed by atoms with Crippen molar-refractivity contribution in [2.24, 2.45) is 0 Å². The molecule has 0 bridgehead atoms. The Labute approximate surface area is 84.3 Å². The smallest absolute Gasteiger partial charge is 0.220 e. The van der Waals surface area contributed by atoms with E-state index in [4.69, 9.17) is 0 Å². The number of hydrogen-bond acceptors (Lipinski definition) is 1. The van der Waals surface area contributed by atoms with E-state index in [1.165, 1.54) is 0 Å². The third kappa shape index (κ3) is 3.77. The van der Waals surface area contributed by atoms with Crippen molar-refractivity contribution in [2.75, 3.05) is 7.05 Å². The highest BCUT2D eigenvalue weighted by Crippen LogP contribution is 1.95. The van der Waals surface area contributed by atoms with E-state index < -0.39 is 0 Å². The van der Waals surface area contributed by atoms with Gasteiger partial charge in [-0.05, 0) is 12.1 Å². The Balaban J connectivity index is 2.38. The van der Waals surface area contributed by atoms with Crippen LogP contribution in [0.4, 0.5) is 0 Å². The van der Waals surface area contributed by atoms with Gasteiger partial charge >= 0.3 is 0 Å². The third-order valence-corrected chi connectivity index (χ3v) is 1.76. The monoisotopic (exact) mass is 187 g/mol. The highest BCUT2D eigenvalue weighted by molar-refractivity contribution is 5.75. The number of amides is 1. The van der Waals surface area contributed by atoms with Crippen LogP contribution in [0.2, 0.25) is 0 Å². The van der Waals surface area contributed by atoms with Crippen molar-refractivity contribution in [3.63, 3.8) is 0 Å². The summed E-state index contributed by atoms with van der Waals surface area (Å²) < 4.78 is 0. The SMILES string of the molecule is CNC(=O)CCC#Cc1ccccc1. The highest BCUT2D eigenvalue weighted by Gasteiger charge is 1.92. The van der Waals surface area contributed by atoms with Crippen molar-refractivity contribution >= 4 is 5.91 Å². The highest BCUT2D eigenvalue weighted by atomic mass is 16.1. The number of carbonyl (C=O) groups is 1. The lowest BCUT2D eigenvalue weighted by atomic mass is 10.2. The van der Waals surface area contributed by atoms with Crippen LogP contribution < -0.4 is 5.32 Å². The maximum atomic E-state index is 10.8. The molecule has 14 heavy (non-hydrogen) atoms. The van der Waals surface area contributed by atoms with Gasteiger partial charge in [-0.15, -0.1) is 0 Å². The number of carbonyl (C=O) groups excluding carboxylic acids is 1. The summed E-state index contributed by atoms with van der Waals surface area (Å²) in [7, 11) is 1.63. The van der Waals surface area contributed by atoms with Crippen molar-refractivity contribution in [1.82, 2.24) is 5.32 Å². The zero-order valence-electron chi connectivity index (χ0n) is 8.21. The Morgan fingerprint density at radius 3 is 2.71 bits per heavy atom. The van der Waals surface area contributed by atoms with Crippen LogP contribution in [-0.2, 0) is 4.79 Å². The van der Waals surface area contributed by atoms with Crippen LogP contribution in [0.3, 0.4) is 0 Å². The molecular weight excluding hydrogens is 174 g/mol. The molecule has 2 nitrogen and oxygen atoms in total. The van der Waals surface area contributed by atoms with Crippen LogP contribution in [-0.4, -0.2) is 13.0 Å². The molecule has 2 heteroatoms. The molecule has 0 saturated heterocycles. The van der Waals surface area contributed by atoms with Crippen molar-refractivity contribution in [3.05, 3.63) is 35.9 Å². The summed E-state index contributed by atoms with van der Waals surface area (Å²) in [6, 6.07) is 9.75. The standard InChI is InChI=1S/C12H13NO/c1-13-12(14)10-6-5-9-11-7-3-2-4-8-11/h2-4,7-8H,6,10H2,1H3,(H,13,14). The van der Waals surface area contributed by atoms with Crippen LogP contribution >= 0.6 is 0 Å². The van der Waals surface area contributed by atoms with Crippen LogP contribution in [0.15, 0.2) is 30.3 Å². The largest absolute Gasteiger partial charge is 0.359 e. The molecule has 0 atom stereocenters. The second kappa shape index (κ2) is 5.82. The van der Waals surface area contributed by atoms with Crippen LogP contribution in [0.25, 0.3) is 0 Å². The van der Waals surface area contributed by atoms with E-state index in [1.54, 1.807) is 7.05 Å². The van der Waals surface area contributed by atoms with Gasteiger partial charge in [0.25, 0.3) is 0 Å². The molecule has 0 spiro atoms. The first-order chi connectivity index (χ1) is 6.83. The summed E-state index contributed by atoms with van der Waals surface area (Å²) in [6.07, 6.45) is 1.07. The average Bonchev–Trinajstić information content (AvgIpc) is 2.25. The van der Waals surface area contributed by atoms with Gasteiger partial charge in [-0.2, -0.15) is 0 Å². The first-order valence-corrected chi connectivity index (χ1v) is 4.57. The molecule has 1 aromatic carbocycles. The lowest BCUT2D eigenvalue weighted by Crippen LogP contribution is -2.16. The van der Waals surface area contributed by atoms with E-state index in [0.717, 1.165) is 5.56 Å². The van der Waals surface area contributed by atoms with Gasteiger partial charge in [-0.25, -0.2) is 0 Å². The Bertz CT molecular complexity index is 346. The summed E-state index contributed by atoms with van der Waals surface area (Å²) in [5, 5.41) is 2.56. The normalized spacial score (nSPS) is 8.64. The van der Waals surface area contributed by atoms with E-state index in [1.807, 2.05) is 30.3 Å². The molecule has 0 aromatic heterocycles. The van der Waals surface area contributed by atoms with E-state index >= 15 is 0 Å². The average molecular weight is 187 g/mol. The molecule has 0 heterocycles. The maximum Gasteiger partial charge on any atom is 0.220 e. The quantitative estimate of drug-likeness (QED) is 0.699. The van der Waals surface area contributed by atoms with Gasteiger partial charge in [0.15, 0.2) is 0 Å². The second-order valence-corrected chi connectivity index (χ2v) is 2.84. The number of benzene rings is 1. The molecule has 1 aromatic rings. The van der Waals surface area contributed by atoms with Gasteiger partial charge in [0, 0.05) is 25.5 Å². The van der Waals surface area contributed by atoms with Gasteiger partial charge < -0.3 is 5.32 Å². The lowest BCUT2D eigenvalue weighted by Gasteiger charge is -1.92. The first kappa shape index (κ1) is 10.3. The van der Waals surface area contributed by atoms with Crippen LogP contribution in [0.1, 0.15) is 18.4 Å². The predicted molar refractivity (Wildman–Crippen MR) is 56.6 cm³/mol. The molecule has 1 amide bonds. The number of rotatable bonds is 2. The summed E-state index contributed by atoms with van der Waals surface area (Å²) in [5.74, 6) is 5.98. The Hall–Kier alpha value is -1.75. The predicted octanol–water partition coefficient (Wildman–Crippen LogP) is 1.56. The van der Waals surface area contributed by atoms with Crippen molar-refractivity contribution < 1.29 is 4.79 Å². The van der Waals surface area contributed by atoms with Gasteiger partial charge in [0.2, 0.25) is 5.91 Å². The molecule has 0 fully saturated rings. The minimum absolute atomic E-state index is 0.0346. The molecule has 0 aliphatic rings. The fraction of sp³-hybridized carbons (Fsp3) is 0.250. The zero-order valence-corrected chi connectivity index (χ0v) is 8.21. The molecule has 0 unspecified atom stereocenters.